The summed E-state index contributed by atoms with van der Waals surface area (Å²) >= 11 is 0. The van der Waals surface area contributed by atoms with Gasteiger partial charge < -0.3 is 14.6 Å². The normalized spacial score (nSPS) is 18.1. The summed E-state index contributed by atoms with van der Waals surface area (Å²) in [5.74, 6) is 2.60. The number of hydrogen-bond donors (Lipinski definition) is 1. The van der Waals surface area contributed by atoms with Gasteiger partial charge in [-0.05, 0) is 36.0 Å². The Morgan fingerprint density at radius 3 is 2.89 bits per heavy atom. The second-order valence-corrected chi connectivity index (χ2v) is 6.78. The summed E-state index contributed by atoms with van der Waals surface area (Å²) in [6, 6.07) is 17.7. The van der Waals surface area contributed by atoms with Gasteiger partial charge in [0.25, 0.3) is 0 Å². The molecule has 1 aliphatic rings. The first kappa shape index (κ1) is 17.3. The lowest BCUT2D eigenvalue weighted by molar-refractivity contribution is -0.115. The number of nitrogens with one attached hydrogen (secondary N) is 1. The number of rotatable bonds is 7. The van der Waals surface area contributed by atoms with Gasteiger partial charge in [-0.15, -0.1) is 0 Å². The molecule has 4 rings (SSSR count). The average Bonchev–Trinajstić information content (AvgIpc) is 3.32. The van der Waals surface area contributed by atoms with E-state index in [0.29, 0.717) is 35.0 Å². The standard InChI is InChI=1S/C21H21N3O3/c1-26-17-9-5-8-16(12-17)22-20(25)13-19-23-21(27-24-19)11-15-10-18(15)14-6-3-2-4-7-14/h2-9,12,15,18H,10-11,13H2,1H3,(H,22,25)/t15-,18-/m0/s1. The number of anilines is 1. The van der Waals surface area contributed by atoms with E-state index in [1.807, 2.05) is 18.2 Å². The molecule has 3 aromatic rings. The average molecular weight is 363 g/mol. The van der Waals surface area contributed by atoms with E-state index < -0.39 is 0 Å². The molecule has 1 fully saturated rings. The minimum atomic E-state index is -0.191. The Morgan fingerprint density at radius 1 is 1.22 bits per heavy atom. The van der Waals surface area contributed by atoms with Crippen molar-refractivity contribution in [3.05, 3.63) is 71.9 Å². The predicted octanol–water partition coefficient (Wildman–Crippen LogP) is 3.61. The van der Waals surface area contributed by atoms with Crippen molar-refractivity contribution in [1.29, 1.82) is 0 Å². The summed E-state index contributed by atoms with van der Waals surface area (Å²) < 4.78 is 10.5. The van der Waals surface area contributed by atoms with Crippen LogP contribution in [-0.4, -0.2) is 23.2 Å². The van der Waals surface area contributed by atoms with Crippen LogP contribution in [0.3, 0.4) is 0 Å². The third-order valence-electron chi connectivity index (χ3n) is 4.77. The van der Waals surface area contributed by atoms with Gasteiger partial charge in [0.1, 0.15) is 5.75 Å². The van der Waals surface area contributed by atoms with Crippen LogP contribution in [0.2, 0.25) is 0 Å². The molecule has 1 saturated carbocycles. The molecular weight excluding hydrogens is 342 g/mol. The minimum Gasteiger partial charge on any atom is -0.497 e. The third-order valence-corrected chi connectivity index (χ3v) is 4.77. The number of benzene rings is 2. The highest BCUT2D eigenvalue weighted by Gasteiger charge is 2.39. The van der Waals surface area contributed by atoms with Crippen molar-refractivity contribution < 1.29 is 14.1 Å². The van der Waals surface area contributed by atoms with Gasteiger partial charge in [-0.1, -0.05) is 41.6 Å². The number of amides is 1. The lowest BCUT2D eigenvalue weighted by atomic mass is 10.1. The summed E-state index contributed by atoms with van der Waals surface area (Å²) in [4.78, 5) is 16.6. The van der Waals surface area contributed by atoms with E-state index in [-0.39, 0.29) is 12.3 Å². The van der Waals surface area contributed by atoms with Gasteiger partial charge >= 0.3 is 0 Å². The van der Waals surface area contributed by atoms with Crippen molar-refractivity contribution in [2.24, 2.45) is 5.92 Å². The molecule has 138 valence electrons. The topological polar surface area (TPSA) is 77.2 Å². The Balaban J connectivity index is 1.30. The van der Waals surface area contributed by atoms with E-state index >= 15 is 0 Å². The number of aromatic nitrogens is 2. The molecule has 1 heterocycles. The highest BCUT2D eigenvalue weighted by Crippen LogP contribution is 2.48. The quantitative estimate of drug-likeness (QED) is 0.694. The molecule has 0 aliphatic heterocycles. The highest BCUT2D eigenvalue weighted by molar-refractivity contribution is 5.91. The Morgan fingerprint density at radius 2 is 2.07 bits per heavy atom. The maximum absolute atomic E-state index is 12.2. The maximum Gasteiger partial charge on any atom is 0.232 e. The molecule has 6 heteroatoms. The zero-order valence-corrected chi connectivity index (χ0v) is 15.1. The molecule has 0 saturated heterocycles. The fraction of sp³-hybridized carbons (Fsp3) is 0.286. The summed E-state index contributed by atoms with van der Waals surface area (Å²) in [5.41, 5.74) is 2.03. The Kier molecular flexibility index (Phi) is 4.87. The van der Waals surface area contributed by atoms with E-state index in [0.717, 1.165) is 12.8 Å². The van der Waals surface area contributed by atoms with Gasteiger partial charge in [-0.2, -0.15) is 4.98 Å². The molecule has 0 bridgehead atoms. The van der Waals surface area contributed by atoms with E-state index in [4.69, 9.17) is 9.26 Å². The second-order valence-electron chi connectivity index (χ2n) is 6.78. The van der Waals surface area contributed by atoms with Crippen molar-refractivity contribution in [3.63, 3.8) is 0 Å². The zero-order chi connectivity index (χ0) is 18.6. The van der Waals surface area contributed by atoms with Gasteiger partial charge in [0, 0.05) is 18.2 Å². The van der Waals surface area contributed by atoms with Crippen molar-refractivity contribution in [1.82, 2.24) is 10.1 Å². The van der Waals surface area contributed by atoms with Crippen LogP contribution in [0.4, 0.5) is 5.69 Å². The first-order valence-corrected chi connectivity index (χ1v) is 9.01. The smallest absolute Gasteiger partial charge is 0.232 e. The number of carbonyl (C=O) groups excluding carboxylic acids is 1. The minimum absolute atomic E-state index is 0.0769. The lowest BCUT2D eigenvalue weighted by Gasteiger charge is -2.05. The molecule has 1 amide bonds. The first-order valence-electron chi connectivity index (χ1n) is 9.01. The van der Waals surface area contributed by atoms with Crippen LogP contribution in [0.5, 0.6) is 5.75 Å². The molecular formula is C21H21N3O3. The SMILES string of the molecule is COc1cccc(NC(=O)Cc2noc(C[C@@H]3C[C@H]3c3ccccc3)n2)c1. The molecule has 6 nitrogen and oxygen atoms in total. The molecule has 2 atom stereocenters. The van der Waals surface area contributed by atoms with Crippen LogP contribution in [0, 0.1) is 5.92 Å². The van der Waals surface area contributed by atoms with Gasteiger partial charge in [0.15, 0.2) is 5.82 Å². The maximum atomic E-state index is 12.2. The van der Waals surface area contributed by atoms with Crippen LogP contribution >= 0.6 is 0 Å². The van der Waals surface area contributed by atoms with E-state index in [9.17, 15) is 4.79 Å². The first-order chi connectivity index (χ1) is 13.2. The zero-order valence-electron chi connectivity index (χ0n) is 15.1. The van der Waals surface area contributed by atoms with E-state index in [1.165, 1.54) is 5.56 Å². The van der Waals surface area contributed by atoms with Gasteiger partial charge in [-0.25, -0.2) is 0 Å². The van der Waals surface area contributed by atoms with Crippen LogP contribution in [0.1, 0.15) is 29.6 Å². The van der Waals surface area contributed by atoms with Crippen LogP contribution < -0.4 is 10.1 Å². The Hall–Kier alpha value is -3.15. The molecule has 27 heavy (non-hydrogen) atoms. The Bertz CT molecular complexity index is 923. The van der Waals surface area contributed by atoms with Crippen LogP contribution in [0.15, 0.2) is 59.1 Å². The molecule has 0 unspecified atom stereocenters. The predicted molar refractivity (Wildman–Crippen MR) is 101 cm³/mol. The number of methoxy groups -OCH3 is 1. The number of hydrogen-bond acceptors (Lipinski definition) is 5. The summed E-state index contributed by atoms with van der Waals surface area (Å²) in [7, 11) is 1.59. The Labute approximate surface area is 157 Å². The van der Waals surface area contributed by atoms with Gasteiger partial charge in [0.05, 0.1) is 13.5 Å². The van der Waals surface area contributed by atoms with Crippen LogP contribution in [-0.2, 0) is 17.6 Å². The van der Waals surface area contributed by atoms with Crippen molar-refractivity contribution in [2.45, 2.75) is 25.2 Å². The monoisotopic (exact) mass is 363 g/mol. The molecule has 0 radical (unpaired) electrons. The van der Waals surface area contributed by atoms with Gasteiger partial charge in [-0.3, -0.25) is 4.79 Å². The number of carbonyl (C=O) groups is 1. The summed E-state index contributed by atoms with van der Waals surface area (Å²) in [6.07, 6.45) is 1.97. The summed E-state index contributed by atoms with van der Waals surface area (Å²) in [6.45, 7) is 0. The van der Waals surface area contributed by atoms with E-state index in [1.54, 1.807) is 19.2 Å². The second kappa shape index (κ2) is 7.61. The third kappa shape index (κ3) is 4.34. The molecule has 1 aliphatic carbocycles. The number of ether oxygens (including phenoxy) is 1. The molecule has 1 aromatic heterocycles. The van der Waals surface area contributed by atoms with Gasteiger partial charge in [0.2, 0.25) is 11.8 Å². The van der Waals surface area contributed by atoms with Crippen molar-refractivity contribution in [3.8, 4) is 5.75 Å². The lowest BCUT2D eigenvalue weighted by Crippen LogP contribution is -2.15. The van der Waals surface area contributed by atoms with Crippen LogP contribution in [0.25, 0.3) is 0 Å². The largest absolute Gasteiger partial charge is 0.497 e. The van der Waals surface area contributed by atoms with E-state index in [2.05, 4.69) is 39.7 Å². The fourth-order valence-electron chi connectivity index (χ4n) is 3.30. The highest BCUT2D eigenvalue weighted by atomic mass is 16.5. The fourth-order valence-corrected chi connectivity index (χ4v) is 3.30. The molecule has 1 N–H and O–H groups in total. The van der Waals surface area contributed by atoms with Crippen molar-refractivity contribution in [2.75, 3.05) is 12.4 Å². The van der Waals surface area contributed by atoms with Crippen molar-refractivity contribution >= 4 is 11.6 Å². The number of nitrogens with zero attached hydrogens (tertiary/aromatic N) is 2. The molecule has 2 aromatic carbocycles. The summed E-state index contributed by atoms with van der Waals surface area (Å²) in [5, 5.41) is 6.75. The molecule has 0 spiro atoms.